The predicted molar refractivity (Wildman–Crippen MR) is 89.3 cm³/mol. The van der Waals surface area contributed by atoms with Gasteiger partial charge in [0.1, 0.15) is 5.75 Å². The van der Waals surface area contributed by atoms with E-state index in [1.807, 2.05) is 48.7 Å². The van der Waals surface area contributed by atoms with Crippen LogP contribution in [0, 0.1) is 0 Å². The molecule has 0 saturated heterocycles. The first-order chi connectivity index (χ1) is 10.7. The van der Waals surface area contributed by atoms with Crippen molar-refractivity contribution in [2.75, 3.05) is 11.4 Å². The lowest BCUT2D eigenvalue weighted by atomic mass is 10.2. The molecule has 0 saturated carbocycles. The van der Waals surface area contributed by atoms with E-state index in [-0.39, 0.29) is 5.69 Å². The minimum Gasteiger partial charge on any atom is -0.497 e. The fraction of sp³-hybridized carbons (Fsp3) is 0.0625. The molecule has 2 heterocycles. The number of rotatable bonds is 2. The number of aromatic nitrogens is 2. The molecule has 6 heteroatoms. The number of ether oxygens (including phenoxy) is 1. The van der Waals surface area contributed by atoms with E-state index < -0.39 is 0 Å². The summed E-state index contributed by atoms with van der Waals surface area (Å²) in [5.74, 6) is 0.835. The lowest BCUT2D eigenvalue weighted by Gasteiger charge is -2.24. The van der Waals surface area contributed by atoms with Gasteiger partial charge in [-0.25, -0.2) is 4.79 Å². The fourth-order valence-corrected chi connectivity index (χ4v) is 3.40. The third kappa shape index (κ3) is 2.17. The van der Waals surface area contributed by atoms with Crippen LogP contribution < -0.4 is 14.7 Å². The van der Waals surface area contributed by atoms with Crippen molar-refractivity contribution in [3.63, 3.8) is 0 Å². The van der Waals surface area contributed by atoms with Crippen LogP contribution in [0.5, 0.6) is 5.75 Å². The SMILES string of the molecule is COc1ccc(N2C=Cc3cc4[nH]c(=O)[nH]c4cc3S2)cc1. The molecule has 3 aromatic rings. The Morgan fingerprint density at radius 3 is 2.55 bits per heavy atom. The molecular weight excluding hydrogens is 298 g/mol. The zero-order chi connectivity index (χ0) is 15.1. The van der Waals surface area contributed by atoms with E-state index in [9.17, 15) is 4.79 Å². The quantitative estimate of drug-likeness (QED) is 0.712. The van der Waals surface area contributed by atoms with Crippen molar-refractivity contribution in [3.8, 4) is 5.75 Å². The number of hydrogen-bond acceptors (Lipinski definition) is 4. The third-order valence-corrected chi connectivity index (χ3v) is 4.64. The van der Waals surface area contributed by atoms with E-state index >= 15 is 0 Å². The molecule has 1 aliphatic rings. The second-order valence-corrected chi connectivity index (χ2v) is 5.96. The van der Waals surface area contributed by atoms with Gasteiger partial charge in [0.25, 0.3) is 0 Å². The highest BCUT2D eigenvalue weighted by molar-refractivity contribution is 8.01. The summed E-state index contributed by atoms with van der Waals surface area (Å²) in [5.41, 5.74) is 3.62. The van der Waals surface area contributed by atoms with Crippen LogP contribution in [0.15, 0.2) is 52.3 Å². The summed E-state index contributed by atoms with van der Waals surface area (Å²) in [6.45, 7) is 0. The molecule has 4 rings (SSSR count). The first-order valence-corrected chi connectivity index (χ1v) is 7.56. The van der Waals surface area contributed by atoms with Crippen molar-refractivity contribution in [1.82, 2.24) is 9.97 Å². The lowest BCUT2D eigenvalue weighted by molar-refractivity contribution is 0.415. The van der Waals surface area contributed by atoms with E-state index in [4.69, 9.17) is 4.74 Å². The van der Waals surface area contributed by atoms with Crippen LogP contribution in [0.4, 0.5) is 5.69 Å². The summed E-state index contributed by atoms with van der Waals surface area (Å²) in [7, 11) is 1.66. The first kappa shape index (κ1) is 13.1. The molecule has 0 unspecified atom stereocenters. The molecule has 0 bridgehead atoms. The second kappa shape index (κ2) is 4.99. The molecule has 5 nitrogen and oxygen atoms in total. The summed E-state index contributed by atoms with van der Waals surface area (Å²) >= 11 is 1.62. The van der Waals surface area contributed by atoms with E-state index in [0.29, 0.717) is 0 Å². The first-order valence-electron chi connectivity index (χ1n) is 6.78. The van der Waals surface area contributed by atoms with Crippen LogP contribution in [0.2, 0.25) is 0 Å². The van der Waals surface area contributed by atoms with Gasteiger partial charge in [0.15, 0.2) is 0 Å². The smallest absolute Gasteiger partial charge is 0.323 e. The Morgan fingerprint density at radius 2 is 1.82 bits per heavy atom. The molecule has 0 fully saturated rings. The number of benzene rings is 2. The van der Waals surface area contributed by atoms with Crippen LogP contribution in [0.3, 0.4) is 0 Å². The number of hydrogen-bond donors (Lipinski definition) is 2. The maximum absolute atomic E-state index is 11.4. The van der Waals surface area contributed by atoms with E-state index in [1.54, 1.807) is 19.1 Å². The number of aromatic amines is 2. The van der Waals surface area contributed by atoms with Gasteiger partial charge in [0.05, 0.1) is 23.8 Å². The molecule has 0 atom stereocenters. The van der Waals surface area contributed by atoms with E-state index in [2.05, 4.69) is 14.3 Å². The number of anilines is 1. The highest BCUT2D eigenvalue weighted by Gasteiger charge is 2.15. The molecule has 1 aliphatic heterocycles. The number of nitrogens with one attached hydrogen (secondary N) is 2. The zero-order valence-electron chi connectivity index (χ0n) is 11.8. The Balaban J connectivity index is 1.70. The van der Waals surface area contributed by atoms with Gasteiger partial charge < -0.3 is 14.7 Å². The average Bonchev–Trinajstić information content (AvgIpc) is 2.91. The summed E-state index contributed by atoms with van der Waals surface area (Å²) < 4.78 is 7.26. The minimum absolute atomic E-state index is 0.182. The van der Waals surface area contributed by atoms with Crippen LogP contribution in [-0.4, -0.2) is 17.1 Å². The molecule has 0 spiro atoms. The second-order valence-electron chi connectivity index (χ2n) is 4.95. The van der Waals surface area contributed by atoms with Crippen molar-refractivity contribution < 1.29 is 4.74 Å². The lowest BCUT2D eigenvalue weighted by Crippen LogP contribution is -2.08. The Hall–Kier alpha value is -2.60. The van der Waals surface area contributed by atoms with Crippen molar-refractivity contribution >= 4 is 34.7 Å². The normalized spacial score (nSPS) is 13.4. The topological polar surface area (TPSA) is 61.1 Å². The summed E-state index contributed by atoms with van der Waals surface area (Å²) in [6.07, 6.45) is 4.06. The van der Waals surface area contributed by atoms with Gasteiger partial charge in [-0.2, -0.15) is 0 Å². The molecule has 110 valence electrons. The van der Waals surface area contributed by atoms with Gasteiger partial charge in [-0.3, -0.25) is 4.31 Å². The Bertz CT molecular complexity index is 925. The summed E-state index contributed by atoms with van der Waals surface area (Å²) in [5, 5.41) is 0. The van der Waals surface area contributed by atoms with E-state index in [0.717, 1.165) is 32.9 Å². The average molecular weight is 311 g/mol. The molecule has 0 amide bonds. The van der Waals surface area contributed by atoms with Crippen molar-refractivity contribution in [2.45, 2.75) is 4.90 Å². The van der Waals surface area contributed by atoms with Crippen LogP contribution in [0.25, 0.3) is 17.1 Å². The molecule has 22 heavy (non-hydrogen) atoms. The van der Waals surface area contributed by atoms with Crippen LogP contribution in [0.1, 0.15) is 5.56 Å². The Labute approximate surface area is 130 Å². The maximum atomic E-state index is 11.4. The van der Waals surface area contributed by atoms with Crippen molar-refractivity contribution in [3.05, 3.63) is 58.6 Å². The van der Waals surface area contributed by atoms with Gasteiger partial charge in [-0.05, 0) is 60.0 Å². The number of imidazole rings is 1. The number of methoxy groups -OCH3 is 1. The van der Waals surface area contributed by atoms with Gasteiger partial charge in [0.2, 0.25) is 0 Å². The molecule has 0 aliphatic carbocycles. The monoisotopic (exact) mass is 311 g/mol. The highest BCUT2D eigenvalue weighted by atomic mass is 32.2. The minimum atomic E-state index is -0.182. The van der Waals surface area contributed by atoms with Crippen molar-refractivity contribution in [1.29, 1.82) is 0 Å². The van der Waals surface area contributed by atoms with Gasteiger partial charge in [0, 0.05) is 11.1 Å². The molecule has 2 aromatic carbocycles. The van der Waals surface area contributed by atoms with Gasteiger partial charge in [-0.1, -0.05) is 0 Å². The number of fused-ring (bicyclic) bond motifs is 2. The maximum Gasteiger partial charge on any atom is 0.323 e. The summed E-state index contributed by atoms with van der Waals surface area (Å²) in [4.78, 5) is 18.1. The molecule has 0 radical (unpaired) electrons. The van der Waals surface area contributed by atoms with Crippen LogP contribution in [-0.2, 0) is 0 Å². The molecular formula is C16H13N3O2S. The molecule has 1 aromatic heterocycles. The standard InChI is InChI=1S/C16H13N3O2S/c1-21-12-4-2-11(3-5-12)19-7-6-10-8-13-14(9-15(10)22-19)18-16(20)17-13/h2-9H,1H3,(H2,17,18,20). The third-order valence-electron chi connectivity index (χ3n) is 3.56. The zero-order valence-corrected chi connectivity index (χ0v) is 12.6. The van der Waals surface area contributed by atoms with E-state index in [1.165, 1.54) is 0 Å². The van der Waals surface area contributed by atoms with Gasteiger partial charge >= 0.3 is 5.69 Å². The largest absolute Gasteiger partial charge is 0.497 e. The number of nitrogens with zero attached hydrogens (tertiary/aromatic N) is 1. The Morgan fingerprint density at radius 1 is 1.09 bits per heavy atom. The summed E-state index contributed by atoms with van der Waals surface area (Å²) in [6, 6.07) is 11.9. The number of H-pyrrole nitrogens is 2. The van der Waals surface area contributed by atoms with Crippen LogP contribution >= 0.6 is 11.9 Å². The Kier molecular flexibility index (Phi) is 2.97. The highest BCUT2D eigenvalue weighted by Crippen LogP contribution is 2.37. The fourth-order valence-electron chi connectivity index (χ4n) is 2.44. The van der Waals surface area contributed by atoms with Crippen molar-refractivity contribution in [2.24, 2.45) is 0 Å². The predicted octanol–water partition coefficient (Wildman–Crippen LogP) is 3.36. The van der Waals surface area contributed by atoms with Gasteiger partial charge in [-0.15, -0.1) is 0 Å². The molecule has 2 N–H and O–H groups in total.